The third kappa shape index (κ3) is 2.73. The van der Waals surface area contributed by atoms with E-state index in [0.717, 1.165) is 16.9 Å². The third-order valence-corrected chi connectivity index (χ3v) is 3.03. The Balaban J connectivity index is 3.14. The van der Waals surface area contributed by atoms with E-state index in [9.17, 15) is 4.79 Å². The molecule has 6 heteroatoms. The normalized spacial score (nSPS) is 10.0. The van der Waals surface area contributed by atoms with E-state index in [1.54, 1.807) is 13.1 Å². The van der Waals surface area contributed by atoms with Gasteiger partial charge in [0.25, 0.3) is 0 Å². The van der Waals surface area contributed by atoms with Crippen molar-refractivity contribution < 1.29 is 4.79 Å². The zero-order chi connectivity index (χ0) is 13.9. The molecule has 0 bridgehead atoms. The summed E-state index contributed by atoms with van der Waals surface area (Å²) < 4.78 is 0. The van der Waals surface area contributed by atoms with Gasteiger partial charge < -0.3 is 5.73 Å². The second-order valence-corrected chi connectivity index (χ2v) is 4.29. The molecule has 3 N–H and O–H groups in total. The summed E-state index contributed by atoms with van der Waals surface area (Å²) in [5.41, 5.74) is 6.91. The first-order chi connectivity index (χ1) is 8.40. The number of nitrogens with two attached hydrogens (primary N) is 1. The fourth-order valence-electron chi connectivity index (χ4n) is 1.64. The van der Waals surface area contributed by atoms with E-state index in [1.807, 2.05) is 19.1 Å². The van der Waals surface area contributed by atoms with Crippen molar-refractivity contribution in [3.05, 3.63) is 28.8 Å². The molecule has 98 valence electrons. The van der Waals surface area contributed by atoms with Crippen LogP contribution < -0.4 is 10.6 Å². The predicted octanol–water partition coefficient (Wildman–Crippen LogP) is 2.28. The Morgan fingerprint density at radius 3 is 2.56 bits per heavy atom. The van der Waals surface area contributed by atoms with E-state index in [1.165, 1.54) is 11.9 Å². The number of halogens is 1. The van der Waals surface area contributed by atoms with Crippen molar-refractivity contribution in [3.63, 3.8) is 0 Å². The van der Waals surface area contributed by atoms with Gasteiger partial charge in [-0.3, -0.25) is 15.2 Å². The second-order valence-electron chi connectivity index (χ2n) is 3.89. The van der Waals surface area contributed by atoms with Gasteiger partial charge in [-0.05, 0) is 18.1 Å². The Bertz CT molecular complexity index is 475. The van der Waals surface area contributed by atoms with Crippen LogP contribution in [0.15, 0.2) is 18.2 Å². The quantitative estimate of drug-likeness (QED) is 0.638. The molecule has 0 radical (unpaired) electrons. The van der Waals surface area contributed by atoms with Crippen molar-refractivity contribution in [2.75, 3.05) is 19.0 Å². The summed E-state index contributed by atoms with van der Waals surface area (Å²) in [6.45, 7) is 1.99. The highest BCUT2D eigenvalue weighted by molar-refractivity contribution is 6.34. The van der Waals surface area contributed by atoms with Gasteiger partial charge in [-0.25, -0.2) is 4.79 Å². The van der Waals surface area contributed by atoms with Crippen LogP contribution >= 0.6 is 11.6 Å². The van der Waals surface area contributed by atoms with Crippen molar-refractivity contribution >= 4 is 29.3 Å². The van der Waals surface area contributed by atoms with Gasteiger partial charge >= 0.3 is 6.03 Å². The van der Waals surface area contributed by atoms with E-state index in [-0.39, 0.29) is 5.96 Å². The number of nitrogens with one attached hydrogen (secondary N) is 1. The molecule has 0 saturated carbocycles. The number of hydrogen-bond acceptors (Lipinski definition) is 2. The lowest BCUT2D eigenvalue weighted by Gasteiger charge is -2.26. The molecule has 0 atom stereocenters. The van der Waals surface area contributed by atoms with Gasteiger partial charge in [-0.15, -0.1) is 0 Å². The number of guanidine groups is 1. The molecule has 0 saturated heterocycles. The molecule has 0 unspecified atom stereocenters. The highest BCUT2D eigenvalue weighted by atomic mass is 35.5. The molecule has 0 aliphatic carbocycles. The van der Waals surface area contributed by atoms with Crippen LogP contribution in [0.5, 0.6) is 0 Å². The molecule has 5 nitrogen and oxygen atoms in total. The summed E-state index contributed by atoms with van der Waals surface area (Å²) >= 11 is 6.13. The molecule has 1 aromatic rings. The van der Waals surface area contributed by atoms with Crippen molar-refractivity contribution in [1.82, 2.24) is 4.90 Å². The van der Waals surface area contributed by atoms with Crippen LogP contribution in [0.4, 0.5) is 10.5 Å². The second kappa shape index (κ2) is 5.73. The number of rotatable bonds is 2. The highest BCUT2D eigenvalue weighted by Crippen LogP contribution is 2.30. The standard InChI is InChI=1S/C12H17ClN4O/c1-4-8-6-5-7-9(13)10(8)16(2)12(18)17(3)11(14)15/h5-7H,4H2,1-3H3,(H3,14,15). The molecule has 0 aromatic heterocycles. The fraction of sp³-hybridized carbons (Fsp3) is 0.333. The minimum Gasteiger partial charge on any atom is -0.370 e. The number of aryl methyl sites for hydroxylation is 1. The molecule has 0 heterocycles. The molecule has 0 spiro atoms. The number of urea groups is 1. The number of hydrogen-bond donors (Lipinski definition) is 2. The minimum absolute atomic E-state index is 0.308. The Morgan fingerprint density at radius 2 is 2.06 bits per heavy atom. The molecule has 2 amide bonds. The molecule has 0 aliphatic rings. The Labute approximate surface area is 112 Å². The Hall–Kier alpha value is -1.75. The number of carbonyl (C=O) groups is 1. The predicted molar refractivity (Wildman–Crippen MR) is 74.3 cm³/mol. The van der Waals surface area contributed by atoms with Crippen LogP contribution in [0.1, 0.15) is 12.5 Å². The first kappa shape index (κ1) is 14.3. The number of anilines is 1. The maximum Gasteiger partial charge on any atom is 0.330 e. The summed E-state index contributed by atoms with van der Waals surface area (Å²) in [6, 6.07) is 5.09. The summed E-state index contributed by atoms with van der Waals surface area (Å²) in [5, 5.41) is 7.76. The van der Waals surface area contributed by atoms with Gasteiger partial charge in [0.1, 0.15) is 0 Å². The van der Waals surface area contributed by atoms with E-state index in [2.05, 4.69) is 0 Å². The molecule has 0 fully saturated rings. The lowest BCUT2D eigenvalue weighted by Crippen LogP contribution is -2.45. The number of para-hydroxylation sites is 1. The summed E-state index contributed by atoms with van der Waals surface area (Å²) in [7, 11) is 3.06. The van der Waals surface area contributed by atoms with Gasteiger partial charge in [0.15, 0.2) is 5.96 Å². The first-order valence-electron chi connectivity index (χ1n) is 5.53. The molecule has 18 heavy (non-hydrogen) atoms. The monoisotopic (exact) mass is 268 g/mol. The average Bonchev–Trinajstić information content (AvgIpc) is 2.35. The van der Waals surface area contributed by atoms with Gasteiger partial charge in [0.05, 0.1) is 10.7 Å². The van der Waals surface area contributed by atoms with E-state index >= 15 is 0 Å². The van der Waals surface area contributed by atoms with E-state index < -0.39 is 6.03 Å². The minimum atomic E-state index is -0.398. The zero-order valence-electron chi connectivity index (χ0n) is 10.7. The third-order valence-electron chi connectivity index (χ3n) is 2.72. The molecular formula is C12H17ClN4O. The molecule has 1 rings (SSSR count). The average molecular weight is 269 g/mol. The van der Waals surface area contributed by atoms with Crippen molar-refractivity contribution in [1.29, 1.82) is 5.41 Å². The van der Waals surface area contributed by atoms with Gasteiger partial charge in [0, 0.05) is 14.1 Å². The van der Waals surface area contributed by atoms with Gasteiger partial charge in [-0.2, -0.15) is 0 Å². The van der Waals surface area contributed by atoms with E-state index in [4.69, 9.17) is 22.7 Å². The van der Waals surface area contributed by atoms with Gasteiger partial charge in [-0.1, -0.05) is 30.7 Å². The number of nitrogens with zero attached hydrogens (tertiary/aromatic N) is 2. The fourth-order valence-corrected chi connectivity index (χ4v) is 1.97. The SMILES string of the molecule is CCc1cccc(Cl)c1N(C)C(=O)N(C)C(=N)N. The molecular weight excluding hydrogens is 252 g/mol. The largest absolute Gasteiger partial charge is 0.370 e. The molecule has 0 aliphatic heterocycles. The summed E-state index contributed by atoms with van der Waals surface area (Å²) in [6.07, 6.45) is 0.761. The van der Waals surface area contributed by atoms with Gasteiger partial charge in [0.2, 0.25) is 0 Å². The smallest absolute Gasteiger partial charge is 0.330 e. The topological polar surface area (TPSA) is 73.4 Å². The lowest BCUT2D eigenvalue weighted by atomic mass is 10.1. The van der Waals surface area contributed by atoms with Crippen molar-refractivity contribution in [3.8, 4) is 0 Å². The van der Waals surface area contributed by atoms with Crippen LogP contribution in [0.2, 0.25) is 5.02 Å². The van der Waals surface area contributed by atoms with E-state index in [0.29, 0.717) is 10.7 Å². The van der Waals surface area contributed by atoms with Crippen molar-refractivity contribution in [2.45, 2.75) is 13.3 Å². The lowest BCUT2D eigenvalue weighted by molar-refractivity contribution is 0.233. The summed E-state index contributed by atoms with van der Waals surface area (Å²) in [4.78, 5) is 14.5. The van der Waals surface area contributed by atoms with Crippen LogP contribution in [-0.4, -0.2) is 31.0 Å². The van der Waals surface area contributed by atoms with Crippen LogP contribution in [0, 0.1) is 5.41 Å². The Kier molecular flexibility index (Phi) is 4.55. The molecule has 1 aromatic carbocycles. The number of amides is 2. The van der Waals surface area contributed by atoms with Crippen LogP contribution in [0.25, 0.3) is 0 Å². The summed E-state index contributed by atoms with van der Waals surface area (Å²) in [5.74, 6) is -0.308. The number of carbonyl (C=O) groups excluding carboxylic acids is 1. The first-order valence-corrected chi connectivity index (χ1v) is 5.90. The number of benzene rings is 1. The van der Waals surface area contributed by atoms with Crippen LogP contribution in [-0.2, 0) is 6.42 Å². The van der Waals surface area contributed by atoms with Crippen molar-refractivity contribution in [2.24, 2.45) is 5.73 Å². The Morgan fingerprint density at radius 1 is 1.44 bits per heavy atom. The zero-order valence-corrected chi connectivity index (χ0v) is 11.5. The van der Waals surface area contributed by atoms with Crippen LogP contribution in [0.3, 0.4) is 0 Å². The maximum atomic E-state index is 12.1. The maximum absolute atomic E-state index is 12.1. The highest BCUT2D eigenvalue weighted by Gasteiger charge is 2.21.